The molecule has 0 aliphatic rings. The molecular formula is C17H30N2. The third-order valence-corrected chi connectivity index (χ3v) is 2.99. The topological polar surface area (TPSA) is 24.4 Å². The third-order valence-electron chi connectivity index (χ3n) is 2.99. The fraction of sp³-hybridized carbons (Fsp3) is 0.588. The lowest BCUT2D eigenvalue weighted by Gasteiger charge is -2.26. The van der Waals surface area contributed by atoms with Gasteiger partial charge in [0.05, 0.1) is 12.1 Å². The maximum absolute atomic E-state index is 4.75. The average Bonchev–Trinajstić information content (AvgIpc) is 2.36. The monoisotopic (exact) mass is 262 g/mol. The van der Waals surface area contributed by atoms with E-state index in [2.05, 4.69) is 58.7 Å². The summed E-state index contributed by atoms with van der Waals surface area (Å²) < 4.78 is 0. The number of nitrogens with zero attached hydrogens (tertiary/aromatic N) is 1. The average molecular weight is 262 g/mol. The number of nitrogens with one attached hydrogen (secondary N) is 1. The van der Waals surface area contributed by atoms with Crippen LogP contribution in [0.3, 0.4) is 0 Å². The van der Waals surface area contributed by atoms with Crippen molar-refractivity contribution in [3.63, 3.8) is 0 Å². The SMILES string of the molecule is C=C(/C=C\C)C(N=CC(C)C)C(NCC)/C(C)=C/C. The van der Waals surface area contributed by atoms with Gasteiger partial charge in [-0.1, -0.05) is 51.2 Å². The molecule has 0 heterocycles. The summed E-state index contributed by atoms with van der Waals surface area (Å²) in [5, 5.41) is 3.52. The predicted octanol–water partition coefficient (Wildman–Crippen LogP) is 4.16. The zero-order chi connectivity index (χ0) is 14.8. The Morgan fingerprint density at radius 2 is 1.95 bits per heavy atom. The molecule has 0 bridgehead atoms. The van der Waals surface area contributed by atoms with Crippen molar-refractivity contribution < 1.29 is 0 Å². The summed E-state index contributed by atoms with van der Waals surface area (Å²) >= 11 is 0. The fourth-order valence-corrected chi connectivity index (χ4v) is 1.89. The van der Waals surface area contributed by atoms with Gasteiger partial charge in [-0.3, -0.25) is 4.99 Å². The van der Waals surface area contributed by atoms with Crippen LogP contribution in [-0.4, -0.2) is 24.8 Å². The van der Waals surface area contributed by atoms with Gasteiger partial charge in [-0.2, -0.15) is 0 Å². The van der Waals surface area contributed by atoms with Crippen molar-refractivity contribution in [1.29, 1.82) is 0 Å². The highest BCUT2D eigenvalue weighted by Gasteiger charge is 2.22. The predicted molar refractivity (Wildman–Crippen MR) is 88.0 cm³/mol. The van der Waals surface area contributed by atoms with Crippen molar-refractivity contribution >= 4 is 6.21 Å². The summed E-state index contributed by atoms with van der Waals surface area (Å²) in [6, 6.07) is 0.281. The minimum absolute atomic E-state index is 0.0646. The van der Waals surface area contributed by atoms with E-state index in [9.17, 15) is 0 Å². The first-order valence-corrected chi connectivity index (χ1v) is 7.18. The lowest BCUT2D eigenvalue weighted by molar-refractivity contribution is 0.531. The van der Waals surface area contributed by atoms with Gasteiger partial charge in [0.25, 0.3) is 0 Å². The van der Waals surface area contributed by atoms with Crippen molar-refractivity contribution in [1.82, 2.24) is 5.32 Å². The normalized spacial score (nSPS) is 16.5. The Hall–Kier alpha value is -1.15. The number of hydrogen-bond donors (Lipinski definition) is 1. The van der Waals surface area contributed by atoms with Gasteiger partial charge < -0.3 is 5.32 Å². The van der Waals surface area contributed by atoms with Gasteiger partial charge in [0.1, 0.15) is 0 Å². The van der Waals surface area contributed by atoms with Crippen LogP contribution in [0.1, 0.15) is 41.5 Å². The molecule has 0 saturated heterocycles. The van der Waals surface area contributed by atoms with E-state index in [-0.39, 0.29) is 12.1 Å². The summed E-state index contributed by atoms with van der Waals surface area (Å²) in [4.78, 5) is 4.75. The molecular weight excluding hydrogens is 232 g/mol. The van der Waals surface area contributed by atoms with Gasteiger partial charge in [-0.15, -0.1) is 0 Å². The van der Waals surface area contributed by atoms with Crippen LogP contribution in [0.5, 0.6) is 0 Å². The first-order chi connectivity index (χ1) is 8.97. The van der Waals surface area contributed by atoms with E-state index in [1.807, 2.05) is 19.2 Å². The molecule has 0 aromatic heterocycles. The number of hydrogen-bond acceptors (Lipinski definition) is 2. The quantitative estimate of drug-likeness (QED) is 0.396. The highest BCUT2D eigenvalue weighted by molar-refractivity contribution is 5.60. The van der Waals surface area contributed by atoms with E-state index in [4.69, 9.17) is 4.99 Å². The maximum Gasteiger partial charge on any atom is 0.0930 e. The molecule has 0 rings (SSSR count). The molecule has 0 aliphatic carbocycles. The number of allylic oxidation sites excluding steroid dienone is 2. The van der Waals surface area contributed by atoms with E-state index in [0.29, 0.717) is 5.92 Å². The zero-order valence-electron chi connectivity index (χ0n) is 13.4. The van der Waals surface area contributed by atoms with Crippen LogP contribution in [0, 0.1) is 5.92 Å². The van der Waals surface area contributed by atoms with Crippen LogP contribution in [0.2, 0.25) is 0 Å². The second-order valence-corrected chi connectivity index (χ2v) is 5.13. The molecule has 0 amide bonds. The molecule has 0 fully saturated rings. The molecule has 0 aromatic carbocycles. The number of rotatable bonds is 8. The second kappa shape index (κ2) is 9.74. The Labute approximate surface area is 119 Å². The molecule has 0 spiro atoms. The minimum atomic E-state index is 0.0646. The van der Waals surface area contributed by atoms with Gasteiger partial charge in [0.2, 0.25) is 0 Å². The van der Waals surface area contributed by atoms with Crippen LogP contribution >= 0.6 is 0 Å². The molecule has 108 valence electrons. The van der Waals surface area contributed by atoms with Crippen molar-refractivity contribution in [3.05, 3.63) is 36.0 Å². The second-order valence-electron chi connectivity index (χ2n) is 5.13. The van der Waals surface area contributed by atoms with Crippen molar-refractivity contribution in [2.24, 2.45) is 10.9 Å². The van der Waals surface area contributed by atoms with E-state index in [1.54, 1.807) is 0 Å². The highest BCUT2D eigenvalue weighted by Crippen LogP contribution is 2.17. The smallest absolute Gasteiger partial charge is 0.0930 e. The molecule has 2 heteroatoms. The standard InChI is InChI=1S/C17H30N2/c1-8-11-15(7)17(19-12-13(4)5)16(18-10-3)14(6)9-2/h8-9,11-13,16-18H,7,10H2,1-6H3/b11-8-,14-9+,19-12?. The molecule has 0 aromatic rings. The summed E-state index contributed by atoms with van der Waals surface area (Å²) in [6.07, 6.45) is 8.24. The Morgan fingerprint density at radius 1 is 1.32 bits per heavy atom. The summed E-state index contributed by atoms with van der Waals surface area (Å²) in [5.74, 6) is 0.453. The molecule has 19 heavy (non-hydrogen) atoms. The van der Waals surface area contributed by atoms with E-state index < -0.39 is 0 Å². The van der Waals surface area contributed by atoms with Crippen molar-refractivity contribution in [2.45, 2.75) is 53.6 Å². The molecule has 2 unspecified atom stereocenters. The molecule has 2 atom stereocenters. The van der Waals surface area contributed by atoms with Crippen LogP contribution in [0.4, 0.5) is 0 Å². The number of aliphatic imine (C=N–C) groups is 1. The lowest BCUT2D eigenvalue weighted by Crippen LogP contribution is -2.40. The Balaban J connectivity index is 5.32. The highest BCUT2D eigenvalue weighted by atomic mass is 15.0. The minimum Gasteiger partial charge on any atom is -0.308 e. The summed E-state index contributed by atoms with van der Waals surface area (Å²) in [7, 11) is 0. The van der Waals surface area contributed by atoms with Gasteiger partial charge in [0.15, 0.2) is 0 Å². The summed E-state index contributed by atoms with van der Waals surface area (Å²) in [5.41, 5.74) is 2.35. The first-order valence-electron chi connectivity index (χ1n) is 7.18. The molecule has 1 N–H and O–H groups in total. The summed E-state index contributed by atoms with van der Waals surface area (Å²) in [6.45, 7) is 17.7. The third kappa shape index (κ3) is 6.53. The van der Waals surface area contributed by atoms with E-state index in [1.165, 1.54) is 5.57 Å². The molecule has 0 aliphatic heterocycles. The maximum atomic E-state index is 4.75. The Morgan fingerprint density at radius 3 is 2.37 bits per heavy atom. The van der Waals surface area contributed by atoms with Crippen LogP contribution in [0.15, 0.2) is 40.9 Å². The van der Waals surface area contributed by atoms with Gasteiger partial charge in [0, 0.05) is 6.21 Å². The van der Waals surface area contributed by atoms with Crippen molar-refractivity contribution in [3.8, 4) is 0 Å². The number of likely N-dealkylation sites (N-methyl/N-ethyl adjacent to an activating group) is 1. The first kappa shape index (κ1) is 17.8. The van der Waals surface area contributed by atoms with E-state index >= 15 is 0 Å². The Kier molecular flexibility index (Phi) is 9.15. The molecule has 2 nitrogen and oxygen atoms in total. The van der Waals surface area contributed by atoms with E-state index in [0.717, 1.165) is 12.1 Å². The Bertz CT molecular complexity index is 348. The van der Waals surface area contributed by atoms with Crippen LogP contribution < -0.4 is 5.32 Å². The van der Waals surface area contributed by atoms with Gasteiger partial charge in [-0.25, -0.2) is 0 Å². The van der Waals surface area contributed by atoms with Crippen molar-refractivity contribution in [2.75, 3.05) is 6.54 Å². The largest absolute Gasteiger partial charge is 0.308 e. The molecule has 0 saturated carbocycles. The van der Waals surface area contributed by atoms with Crippen LogP contribution in [-0.2, 0) is 0 Å². The van der Waals surface area contributed by atoms with Crippen LogP contribution in [0.25, 0.3) is 0 Å². The zero-order valence-corrected chi connectivity index (χ0v) is 13.4. The lowest BCUT2D eigenvalue weighted by atomic mass is 9.94. The molecule has 0 radical (unpaired) electrons. The van der Waals surface area contributed by atoms with Gasteiger partial charge >= 0.3 is 0 Å². The fourth-order valence-electron chi connectivity index (χ4n) is 1.89. The van der Waals surface area contributed by atoms with Gasteiger partial charge in [-0.05, 0) is 38.8 Å².